The molecule has 0 saturated carbocycles. The maximum absolute atomic E-state index is 12.8. The van der Waals surface area contributed by atoms with Crippen molar-refractivity contribution >= 4 is 17.1 Å². The molecule has 3 aromatic rings. The Hall–Kier alpha value is -2.73. The van der Waals surface area contributed by atoms with Gasteiger partial charge < -0.3 is 4.74 Å². The summed E-state index contributed by atoms with van der Waals surface area (Å²) in [6, 6.07) is 11.6. The lowest BCUT2D eigenvalue weighted by molar-refractivity contribution is 0.0535. The molecule has 0 saturated heterocycles. The maximum atomic E-state index is 12.8. The largest absolute Gasteiger partial charge is 0.443 e. The number of hydrogen-bond acceptors (Lipinski definition) is 5. The Bertz CT molecular complexity index is 956. The highest BCUT2D eigenvalue weighted by molar-refractivity contribution is 5.87. The van der Waals surface area contributed by atoms with Crippen LogP contribution in [0.4, 0.5) is 4.79 Å². The summed E-state index contributed by atoms with van der Waals surface area (Å²) < 4.78 is 7.17. The molecule has 27 heavy (non-hydrogen) atoms. The van der Waals surface area contributed by atoms with Gasteiger partial charge in [0.2, 0.25) is 0 Å². The van der Waals surface area contributed by atoms with E-state index in [9.17, 15) is 4.79 Å². The fourth-order valence-corrected chi connectivity index (χ4v) is 2.93. The van der Waals surface area contributed by atoms with E-state index in [0.29, 0.717) is 18.9 Å². The smallest absolute Gasteiger partial charge is 0.420 e. The number of ether oxygens (including phenoxy) is 1. The van der Waals surface area contributed by atoms with Crippen molar-refractivity contribution in [1.82, 2.24) is 19.4 Å². The summed E-state index contributed by atoms with van der Waals surface area (Å²) in [7, 11) is 1.99. The van der Waals surface area contributed by atoms with Crippen LogP contribution in [0.2, 0.25) is 0 Å². The molecule has 2 heterocycles. The lowest BCUT2D eigenvalue weighted by atomic mass is 10.2. The van der Waals surface area contributed by atoms with E-state index < -0.39 is 11.7 Å². The van der Waals surface area contributed by atoms with Crippen molar-refractivity contribution in [2.24, 2.45) is 0 Å². The van der Waals surface area contributed by atoms with Gasteiger partial charge in [0, 0.05) is 12.7 Å². The van der Waals surface area contributed by atoms with Gasteiger partial charge in [-0.1, -0.05) is 18.2 Å². The predicted molar refractivity (Wildman–Crippen MR) is 106 cm³/mol. The van der Waals surface area contributed by atoms with Crippen molar-refractivity contribution in [1.29, 1.82) is 0 Å². The van der Waals surface area contributed by atoms with E-state index in [1.807, 2.05) is 71.1 Å². The number of rotatable bonds is 4. The van der Waals surface area contributed by atoms with E-state index in [-0.39, 0.29) is 0 Å². The number of para-hydroxylation sites is 2. The molecule has 142 valence electrons. The van der Waals surface area contributed by atoms with Gasteiger partial charge in [0.05, 0.1) is 23.3 Å². The van der Waals surface area contributed by atoms with Crippen molar-refractivity contribution in [2.75, 3.05) is 7.05 Å². The van der Waals surface area contributed by atoms with Crippen LogP contribution < -0.4 is 0 Å². The molecule has 6 heteroatoms. The summed E-state index contributed by atoms with van der Waals surface area (Å²) in [6.07, 6.45) is 1.39. The van der Waals surface area contributed by atoms with Gasteiger partial charge in [0.15, 0.2) is 0 Å². The van der Waals surface area contributed by atoms with Crippen LogP contribution in [-0.2, 0) is 17.8 Å². The molecule has 0 radical (unpaired) electrons. The Labute approximate surface area is 159 Å². The van der Waals surface area contributed by atoms with Crippen LogP contribution in [0, 0.1) is 6.92 Å². The minimum absolute atomic E-state index is 0.409. The first-order valence-corrected chi connectivity index (χ1v) is 9.03. The SMILES string of the molecule is Cc1cccnc1CN(C)Cc1nc2ccccc2n1C(=O)OC(C)(C)C. The molecule has 0 bridgehead atoms. The summed E-state index contributed by atoms with van der Waals surface area (Å²) >= 11 is 0. The van der Waals surface area contributed by atoms with Gasteiger partial charge in [0.1, 0.15) is 11.4 Å². The maximum Gasteiger partial charge on any atom is 0.420 e. The highest BCUT2D eigenvalue weighted by Gasteiger charge is 2.23. The molecule has 0 amide bonds. The first-order chi connectivity index (χ1) is 12.7. The van der Waals surface area contributed by atoms with Crippen LogP contribution in [0.5, 0.6) is 0 Å². The second-order valence-corrected chi connectivity index (χ2v) is 7.77. The molecular formula is C21H26N4O2. The highest BCUT2D eigenvalue weighted by atomic mass is 16.6. The van der Waals surface area contributed by atoms with Crippen molar-refractivity contribution in [3.63, 3.8) is 0 Å². The fourth-order valence-electron chi connectivity index (χ4n) is 2.93. The normalized spacial score (nSPS) is 11.9. The van der Waals surface area contributed by atoms with Gasteiger partial charge in [-0.25, -0.2) is 14.3 Å². The fraction of sp³-hybridized carbons (Fsp3) is 0.381. The summed E-state index contributed by atoms with van der Waals surface area (Å²) in [6.45, 7) is 8.80. The van der Waals surface area contributed by atoms with E-state index >= 15 is 0 Å². The number of hydrogen-bond donors (Lipinski definition) is 0. The molecule has 0 aliphatic carbocycles. The van der Waals surface area contributed by atoms with Crippen LogP contribution in [-0.4, -0.2) is 38.2 Å². The number of nitrogens with zero attached hydrogens (tertiary/aromatic N) is 4. The zero-order chi connectivity index (χ0) is 19.6. The van der Waals surface area contributed by atoms with Crippen LogP contribution >= 0.6 is 0 Å². The molecule has 0 aliphatic rings. The average molecular weight is 366 g/mol. The van der Waals surface area contributed by atoms with E-state index in [4.69, 9.17) is 4.74 Å². The molecule has 1 aromatic carbocycles. The van der Waals surface area contributed by atoms with Gasteiger partial charge in [-0.05, 0) is 58.5 Å². The third kappa shape index (κ3) is 4.52. The van der Waals surface area contributed by atoms with Gasteiger partial charge in [0.25, 0.3) is 0 Å². The van der Waals surface area contributed by atoms with E-state index in [1.165, 1.54) is 0 Å². The Morgan fingerprint density at radius 2 is 1.89 bits per heavy atom. The topological polar surface area (TPSA) is 60.2 Å². The number of benzene rings is 1. The van der Waals surface area contributed by atoms with Crippen LogP contribution in [0.15, 0.2) is 42.6 Å². The monoisotopic (exact) mass is 366 g/mol. The van der Waals surface area contributed by atoms with Crippen LogP contribution in [0.1, 0.15) is 37.9 Å². The second-order valence-electron chi connectivity index (χ2n) is 7.77. The molecule has 6 nitrogen and oxygen atoms in total. The zero-order valence-electron chi connectivity index (χ0n) is 16.6. The van der Waals surface area contributed by atoms with Crippen molar-refractivity contribution < 1.29 is 9.53 Å². The number of carbonyl (C=O) groups is 1. The summed E-state index contributed by atoms with van der Waals surface area (Å²) in [5.74, 6) is 0.654. The summed E-state index contributed by atoms with van der Waals surface area (Å²) in [4.78, 5) is 24.0. The molecule has 0 aliphatic heterocycles. The number of aromatic nitrogens is 3. The van der Waals surface area contributed by atoms with Gasteiger partial charge in [-0.2, -0.15) is 0 Å². The second kappa shape index (κ2) is 7.48. The van der Waals surface area contributed by atoms with Crippen molar-refractivity contribution in [3.05, 3.63) is 59.7 Å². The third-order valence-corrected chi connectivity index (χ3v) is 4.16. The number of pyridine rings is 1. The molecule has 3 rings (SSSR count). The van der Waals surface area contributed by atoms with E-state index in [2.05, 4.69) is 14.9 Å². The minimum Gasteiger partial charge on any atom is -0.443 e. The quantitative estimate of drug-likeness (QED) is 0.694. The van der Waals surface area contributed by atoms with Gasteiger partial charge in [-0.15, -0.1) is 0 Å². The standard InChI is InChI=1S/C21H26N4O2/c1-15-9-8-12-22-17(15)13-24(5)14-19-23-16-10-6-7-11-18(16)25(19)20(26)27-21(2,3)4/h6-12H,13-14H2,1-5H3. The molecule has 2 aromatic heterocycles. The summed E-state index contributed by atoms with van der Waals surface area (Å²) in [5, 5.41) is 0. The van der Waals surface area contributed by atoms with Crippen LogP contribution in [0.25, 0.3) is 11.0 Å². The Balaban J connectivity index is 1.90. The van der Waals surface area contributed by atoms with Crippen molar-refractivity contribution in [2.45, 2.75) is 46.4 Å². The first-order valence-electron chi connectivity index (χ1n) is 9.03. The summed E-state index contributed by atoms with van der Waals surface area (Å²) in [5.41, 5.74) is 3.12. The number of carbonyl (C=O) groups excluding carboxylic acids is 1. The van der Waals surface area contributed by atoms with E-state index in [0.717, 1.165) is 22.3 Å². The molecular weight excluding hydrogens is 340 g/mol. The molecule has 0 spiro atoms. The zero-order valence-corrected chi connectivity index (χ0v) is 16.6. The Morgan fingerprint density at radius 1 is 1.15 bits per heavy atom. The van der Waals surface area contributed by atoms with Gasteiger partial charge >= 0.3 is 6.09 Å². The number of fused-ring (bicyclic) bond motifs is 1. The lowest BCUT2D eigenvalue weighted by Gasteiger charge is -2.21. The molecule has 0 fully saturated rings. The Morgan fingerprint density at radius 3 is 2.59 bits per heavy atom. The number of imidazole rings is 1. The molecule has 0 N–H and O–H groups in total. The predicted octanol–water partition coefficient (Wildman–Crippen LogP) is 4.15. The van der Waals surface area contributed by atoms with Gasteiger partial charge in [-0.3, -0.25) is 9.88 Å². The van der Waals surface area contributed by atoms with Crippen molar-refractivity contribution in [3.8, 4) is 0 Å². The lowest BCUT2D eigenvalue weighted by Crippen LogP contribution is -2.29. The highest BCUT2D eigenvalue weighted by Crippen LogP contribution is 2.20. The molecule has 0 atom stereocenters. The van der Waals surface area contributed by atoms with E-state index in [1.54, 1.807) is 10.8 Å². The third-order valence-electron chi connectivity index (χ3n) is 4.16. The Kier molecular flexibility index (Phi) is 5.28. The first kappa shape index (κ1) is 19.0. The van der Waals surface area contributed by atoms with Crippen LogP contribution in [0.3, 0.4) is 0 Å². The number of aryl methyl sites for hydroxylation is 1. The molecule has 0 unspecified atom stereocenters. The minimum atomic E-state index is -0.573. The average Bonchev–Trinajstić information content (AvgIpc) is 2.93.